The number of likely N-dealkylation sites (tertiary alicyclic amines) is 2. The van der Waals surface area contributed by atoms with Crippen molar-refractivity contribution < 1.29 is 0 Å². The molecule has 3 aromatic rings. The van der Waals surface area contributed by atoms with Crippen molar-refractivity contribution in [3.05, 3.63) is 88.7 Å². The summed E-state index contributed by atoms with van der Waals surface area (Å²) < 4.78 is 1.79. The van der Waals surface area contributed by atoms with Crippen LogP contribution in [0.1, 0.15) is 59.9 Å². The summed E-state index contributed by atoms with van der Waals surface area (Å²) >= 11 is 0. The van der Waals surface area contributed by atoms with Crippen LogP contribution in [-0.4, -0.2) is 45.8 Å². The molecule has 0 radical (unpaired) electrons. The molecule has 0 atom stereocenters. The van der Waals surface area contributed by atoms with Gasteiger partial charge in [-0.3, -0.25) is 14.5 Å². The van der Waals surface area contributed by atoms with E-state index in [0.717, 1.165) is 13.1 Å². The first-order chi connectivity index (χ1) is 16.5. The number of hydrogen-bond acceptors (Lipinski definition) is 3. The van der Waals surface area contributed by atoms with Crippen LogP contribution in [0.15, 0.2) is 60.9 Å². The molecule has 0 amide bonds. The summed E-state index contributed by atoms with van der Waals surface area (Å²) in [5.41, 5.74) is 6.88. The minimum absolute atomic E-state index is 1.14. The van der Waals surface area contributed by atoms with E-state index in [4.69, 9.17) is 0 Å². The molecule has 0 saturated carbocycles. The Labute approximate surface area is 207 Å². The SMILES string of the molecule is Cc1cccc(CN2CCCC2)c1.Cc1cccc(CN2CCCCC2)c1.Cc1cnn(C)c1. The fourth-order valence-corrected chi connectivity index (χ4v) is 4.74. The van der Waals surface area contributed by atoms with Crippen LogP contribution >= 0.6 is 0 Å². The van der Waals surface area contributed by atoms with Gasteiger partial charge in [-0.15, -0.1) is 0 Å². The maximum absolute atomic E-state index is 3.93. The van der Waals surface area contributed by atoms with Crippen LogP contribution in [0.2, 0.25) is 0 Å². The normalized spacial score (nSPS) is 16.4. The summed E-state index contributed by atoms with van der Waals surface area (Å²) in [5, 5.41) is 3.93. The molecule has 0 aliphatic carbocycles. The quantitative estimate of drug-likeness (QED) is 0.457. The predicted octanol–water partition coefficient (Wildman–Crippen LogP) is 6.30. The van der Waals surface area contributed by atoms with Crippen molar-refractivity contribution in [3.63, 3.8) is 0 Å². The predicted molar refractivity (Wildman–Crippen MR) is 144 cm³/mol. The lowest BCUT2D eigenvalue weighted by atomic mass is 10.1. The number of nitrogens with zero attached hydrogens (tertiary/aromatic N) is 4. The minimum atomic E-state index is 1.14. The van der Waals surface area contributed by atoms with Crippen molar-refractivity contribution in [1.82, 2.24) is 19.6 Å². The lowest BCUT2D eigenvalue weighted by molar-refractivity contribution is 0.221. The maximum atomic E-state index is 3.93. The van der Waals surface area contributed by atoms with Crippen molar-refractivity contribution in [2.45, 2.75) is 66.0 Å². The van der Waals surface area contributed by atoms with E-state index in [2.05, 4.69) is 77.3 Å². The molecular formula is C30H44N4. The van der Waals surface area contributed by atoms with E-state index < -0.39 is 0 Å². The summed E-state index contributed by atoms with van der Waals surface area (Å²) in [7, 11) is 1.91. The van der Waals surface area contributed by atoms with E-state index >= 15 is 0 Å². The third-order valence-corrected chi connectivity index (χ3v) is 6.46. The van der Waals surface area contributed by atoms with Crippen LogP contribution in [-0.2, 0) is 20.1 Å². The van der Waals surface area contributed by atoms with E-state index in [-0.39, 0.29) is 0 Å². The van der Waals surface area contributed by atoms with Gasteiger partial charge < -0.3 is 0 Å². The molecule has 2 saturated heterocycles. The molecule has 0 spiro atoms. The number of rotatable bonds is 4. The van der Waals surface area contributed by atoms with E-state index in [1.165, 1.54) is 86.1 Å². The lowest BCUT2D eigenvalue weighted by Gasteiger charge is -2.26. The zero-order valence-corrected chi connectivity index (χ0v) is 21.8. The van der Waals surface area contributed by atoms with Crippen molar-refractivity contribution in [2.24, 2.45) is 7.05 Å². The highest BCUT2D eigenvalue weighted by Crippen LogP contribution is 2.14. The van der Waals surface area contributed by atoms with Gasteiger partial charge in [0.2, 0.25) is 0 Å². The molecule has 3 heterocycles. The van der Waals surface area contributed by atoms with Gasteiger partial charge in [-0.1, -0.05) is 66.1 Å². The standard InChI is InChI=1S/C13H19N.C12H17N.C5H8N2/c1-12-6-5-7-13(10-12)11-14-8-3-2-4-9-14;1-11-5-4-6-12(9-11)10-13-7-2-3-8-13;1-5-3-6-7(2)4-5/h5-7,10H,2-4,8-9,11H2,1H3;4-6,9H,2-3,7-8,10H2,1H3;3-4H,1-2H3. The van der Waals surface area contributed by atoms with Gasteiger partial charge in [-0.05, 0) is 89.3 Å². The lowest BCUT2D eigenvalue weighted by Crippen LogP contribution is -2.29. The Morgan fingerprint density at radius 2 is 1.12 bits per heavy atom. The fourth-order valence-electron chi connectivity index (χ4n) is 4.74. The summed E-state index contributed by atoms with van der Waals surface area (Å²) in [6.45, 7) is 13.8. The molecule has 2 fully saturated rings. The Morgan fingerprint density at radius 3 is 1.47 bits per heavy atom. The Balaban J connectivity index is 0.000000151. The van der Waals surface area contributed by atoms with E-state index in [0.29, 0.717) is 0 Å². The van der Waals surface area contributed by atoms with E-state index in [9.17, 15) is 0 Å². The maximum Gasteiger partial charge on any atom is 0.0518 e. The van der Waals surface area contributed by atoms with Gasteiger partial charge in [0.25, 0.3) is 0 Å². The Kier molecular flexibility index (Phi) is 10.8. The van der Waals surface area contributed by atoms with Gasteiger partial charge >= 0.3 is 0 Å². The van der Waals surface area contributed by atoms with Gasteiger partial charge in [-0.2, -0.15) is 5.10 Å². The number of aryl methyl sites for hydroxylation is 4. The summed E-state index contributed by atoms with van der Waals surface area (Å²) in [6.07, 6.45) is 10.7. The Bertz CT molecular complexity index is 949. The molecule has 34 heavy (non-hydrogen) atoms. The van der Waals surface area contributed by atoms with Gasteiger partial charge in [0.15, 0.2) is 0 Å². The Hall–Kier alpha value is -2.43. The molecule has 4 heteroatoms. The molecule has 4 nitrogen and oxygen atoms in total. The second-order valence-electron chi connectivity index (χ2n) is 9.99. The third-order valence-electron chi connectivity index (χ3n) is 6.46. The molecular weight excluding hydrogens is 416 g/mol. The summed E-state index contributed by atoms with van der Waals surface area (Å²) in [4.78, 5) is 5.10. The number of hydrogen-bond donors (Lipinski definition) is 0. The van der Waals surface area contributed by atoms with Crippen LogP contribution < -0.4 is 0 Å². The molecule has 0 N–H and O–H groups in total. The first-order valence-electron chi connectivity index (χ1n) is 13.0. The summed E-state index contributed by atoms with van der Waals surface area (Å²) in [6, 6.07) is 17.7. The average Bonchev–Trinajstić information content (AvgIpc) is 3.46. The zero-order valence-electron chi connectivity index (χ0n) is 21.8. The fraction of sp³-hybridized carbons (Fsp3) is 0.500. The zero-order chi connectivity index (χ0) is 24.2. The second kappa shape index (κ2) is 14.1. The minimum Gasteiger partial charge on any atom is -0.299 e. The van der Waals surface area contributed by atoms with Crippen LogP contribution in [0.3, 0.4) is 0 Å². The highest BCUT2D eigenvalue weighted by molar-refractivity contribution is 5.22. The largest absolute Gasteiger partial charge is 0.299 e. The highest BCUT2D eigenvalue weighted by Gasteiger charge is 2.11. The molecule has 1 aromatic heterocycles. The van der Waals surface area contributed by atoms with E-state index in [1.807, 2.05) is 26.4 Å². The molecule has 184 valence electrons. The topological polar surface area (TPSA) is 24.3 Å². The Morgan fingerprint density at radius 1 is 0.647 bits per heavy atom. The number of aromatic nitrogens is 2. The van der Waals surface area contributed by atoms with Gasteiger partial charge in [0, 0.05) is 26.3 Å². The molecule has 0 bridgehead atoms. The number of piperidine rings is 1. The van der Waals surface area contributed by atoms with Crippen LogP contribution in [0.5, 0.6) is 0 Å². The van der Waals surface area contributed by atoms with Crippen LogP contribution in [0.4, 0.5) is 0 Å². The first-order valence-corrected chi connectivity index (χ1v) is 13.0. The molecule has 0 unspecified atom stereocenters. The van der Waals surface area contributed by atoms with Crippen LogP contribution in [0.25, 0.3) is 0 Å². The van der Waals surface area contributed by atoms with Crippen LogP contribution in [0, 0.1) is 20.8 Å². The monoisotopic (exact) mass is 460 g/mol. The van der Waals surface area contributed by atoms with Crippen molar-refractivity contribution in [2.75, 3.05) is 26.2 Å². The van der Waals surface area contributed by atoms with Gasteiger partial charge in [0.1, 0.15) is 0 Å². The molecule has 2 aromatic carbocycles. The second-order valence-corrected chi connectivity index (χ2v) is 9.99. The molecule has 5 rings (SSSR count). The van der Waals surface area contributed by atoms with Crippen molar-refractivity contribution in [1.29, 1.82) is 0 Å². The van der Waals surface area contributed by atoms with E-state index in [1.54, 1.807) is 4.68 Å². The smallest absolute Gasteiger partial charge is 0.0518 e. The highest BCUT2D eigenvalue weighted by atomic mass is 15.2. The summed E-state index contributed by atoms with van der Waals surface area (Å²) in [5.74, 6) is 0. The van der Waals surface area contributed by atoms with Gasteiger partial charge in [0.05, 0.1) is 6.20 Å². The molecule has 2 aliphatic heterocycles. The first kappa shape index (κ1) is 26.2. The number of benzene rings is 2. The molecule has 2 aliphatic rings. The average molecular weight is 461 g/mol. The van der Waals surface area contributed by atoms with Crippen molar-refractivity contribution in [3.8, 4) is 0 Å². The third kappa shape index (κ3) is 9.82. The van der Waals surface area contributed by atoms with Crippen molar-refractivity contribution >= 4 is 0 Å². The van der Waals surface area contributed by atoms with Gasteiger partial charge in [-0.25, -0.2) is 0 Å².